The number of hydrogen-bond acceptors (Lipinski definition) is 7. The number of anilines is 1. The van der Waals surface area contributed by atoms with Crippen LogP contribution in [0, 0.1) is 0 Å². The van der Waals surface area contributed by atoms with Crippen LogP contribution in [0.1, 0.15) is 40.0 Å². The fourth-order valence-electron chi connectivity index (χ4n) is 2.54. The summed E-state index contributed by atoms with van der Waals surface area (Å²) < 4.78 is 7.21. The van der Waals surface area contributed by atoms with Crippen LogP contribution in [0.15, 0.2) is 11.4 Å². The first-order valence-electron chi connectivity index (χ1n) is 9.64. The van der Waals surface area contributed by atoms with E-state index in [-0.39, 0.29) is 5.91 Å². The molecule has 0 fully saturated rings. The molecule has 0 spiro atoms. The third-order valence-corrected chi connectivity index (χ3v) is 4.62. The zero-order valence-electron chi connectivity index (χ0n) is 16.5. The first-order valence-corrected chi connectivity index (χ1v) is 10.6. The van der Waals surface area contributed by atoms with Crippen molar-refractivity contribution in [1.82, 2.24) is 25.1 Å². The molecule has 27 heavy (non-hydrogen) atoms. The molecule has 0 aliphatic heterocycles. The number of nitrogens with zero attached hydrogens (tertiary/aromatic N) is 4. The topological polar surface area (TPSA) is 94.0 Å². The Labute approximate surface area is 164 Å². The molecule has 0 aromatic carbocycles. The Morgan fingerprint density at radius 2 is 2.11 bits per heavy atom. The second-order valence-corrected chi connectivity index (χ2v) is 7.20. The van der Waals surface area contributed by atoms with E-state index in [1.165, 1.54) is 0 Å². The molecule has 0 radical (unpaired) electrons. The SMILES string of the molecule is CCCCC(=O)NCCn1ncc2c(NCCOCC)nc(SCC)nc21. The van der Waals surface area contributed by atoms with Gasteiger partial charge in [-0.2, -0.15) is 5.10 Å². The van der Waals surface area contributed by atoms with Gasteiger partial charge in [0.05, 0.1) is 24.7 Å². The predicted octanol–water partition coefficient (Wildman–Crippen LogP) is 2.69. The lowest BCUT2D eigenvalue weighted by atomic mass is 10.2. The molecule has 0 unspecified atom stereocenters. The lowest BCUT2D eigenvalue weighted by Gasteiger charge is -2.10. The monoisotopic (exact) mass is 394 g/mol. The number of ether oxygens (including phenoxy) is 1. The Morgan fingerprint density at radius 1 is 1.26 bits per heavy atom. The second-order valence-electron chi connectivity index (χ2n) is 5.97. The molecule has 2 rings (SSSR count). The van der Waals surface area contributed by atoms with Crippen molar-refractivity contribution in [3.63, 3.8) is 0 Å². The molecule has 0 saturated carbocycles. The van der Waals surface area contributed by atoms with Gasteiger partial charge in [-0.1, -0.05) is 32.0 Å². The summed E-state index contributed by atoms with van der Waals surface area (Å²) in [6.45, 7) is 9.23. The molecule has 2 aromatic heterocycles. The van der Waals surface area contributed by atoms with Crippen molar-refractivity contribution < 1.29 is 9.53 Å². The van der Waals surface area contributed by atoms with Crippen LogP contribution in [0.5, 0.6) is 0 Å². The van der Waals surface area contributed by atoms with Gasteiger partial charge in [-0.25, -0.2) is 14.6 Å². The Morgan fingerprint density at radius 3 is 2.85 bits per heavy atom. The van der Waals surface area contributed by atoms with E-state index >= 15 is 0 Å². The van der Waals surface area contributed by atoms with Crippen LogP contribution < -0.4 is 10.6 Å². The van der Waals surface area contributed by atoms with Crippen LogP contribution >= 0.6 is 11.8 Å². The van der Waals surface area contributed by atoms with Gasteiger partial charge in [0.1, 0.15) is 5.82 Å². The van der Waals surface area contributed by atoms with Crippen molar-refractivity contribution in [3.05, 3.63) is 6.20 Å². The van der Waals surface area contributed by atoms with Gasteiger partial charge < -0.3 is 15.4 Å². The zero-order chi connectivity index (χ0) is 19.5. The van der Waals surface area contributed by atoms with Crippen LogP contribution in [-0.2, 0) is 16.1 Å². The first-order chi connectivity index (χ1) is 13.2. The van der Waals surface area contributed by atoms with Gasteiger partial charge in [0, 0.05) is 26.1 Å². The summed E-state index contributed by atoms with van der Waals surface area (Å²) in [6.07, 6.45) is 4.28. The predicted molar refractivity (Wildman–Crippen MR) is 109 cm³/mol. The first kappa shape index (κ1) is 21.4. The summed E-state index contributed by atoms with van der Waals surface area (Å²) in [5.74, 6) is 1.75. The fraction of sp³-hybridized carbons (Fsp3) is 0.667. The van der Waals surface area contributed by atoms with Crippen molar-refractivity contribution in [2.75, 3.05) is 37.4 Å². The van der Waals surface area contributed by atoms with Gasteiger partial charge in [0.15, 0.2) is 10.8 Å². The average molecular weight is 395 g/mol. The molecular formula is C18H30N6O2S. The molecule has 0 bridgehead atoms. The molecule has 1 amide bonds. The summed E-state index contributed by atoms with van der Waals surface area (Å²) in [4.78, 5) is 21.0. The van der Waals surface area contributed by atoms with Gasteiger partial charge in [0.25, 0.3) is 0 Å². The average Bonchev–Trinajstić information content (AvgIpc) is 3.07. The largest absolute Gasteiger partial charge is 0.380 e. The third-order valence-electron chi connectivity index (χ3n) is 3.90. The van der Waals surface area contributed by atoms with Gasteiger partial charge in [-0.05, 0) is 19.1 Å². The number of hydrogen-bond donors (Lipinski definition) is 2. The number of rotatable bonds is 13. The van der Waals surface area contributed by atoms with Gasteiger partial charge in [-0.3, -0.25) is 4.79 Å². The minimum Gasteiger partial charge on any atom is -0.380 e. The van der Waals surface area contributed by atoms with Gasteiger partial charge in [-0.15, -0.1) is 0 Å². The summed E-state index contributed by atoms with van der Waals surface area (Å²) in [5.41, 5.74) is 0.780. The molecule has 8 nitrogen and oxygen atoms in total. The zero-order valence-corrected chi connectivity index (χ0v) is 17.3. The maximum Gasteiger partial charge on any atom is 0.220 e. The van der Waals surface area contributed by atoms with E-state index in [0.29, 0.717) is 39.3 Å². The normalized spacial score (nSPS) is 11.1. The highest BCUT2D eigenvalue weighted by Crippen LogP contribution is 2.24. The van der Waals surface area contributed by atoms with Gasteiger partial charge in [0.2, 0.25) is 5.91 Å². The molecule has 2 aromatic rings. The van der Waals surface area contributed by atoms with E-state index in [9.17, 15) is 4.79 Å². The smallest absolute Gasteiger partial charge is 0.220 e. The second kappa shape index (κ2) is 11.8. The fourth-order valence-corrected chi connectivity index (χ4v) is 3.11. The lowest BCUT2D eigenvalue weighted by molar-refractivity contribution is -0.121. The molecule has 0 aliphatic rings. The number of carbonyl (C=O) groups is 1. The summed E-state index contributed by atoms with van der Waals surface area (Å²) in [5, 5.41) is 12.3. The lowest BCUT2D eigenvalue weighted by Crippen LogP contribution is -2.27. The van der Waals surface area contributed by atoms with Crippen molar-refractivity contribution in [2.45, 2.75) is 51.7 Å². The maximum absolute atomic E-state index is 11.8. The van der Waals surface area contributed by atoms with Gasteiger partial charge >= 0.3 is 0 Å². The molecule has 2 N–H and O–H groups in total. The Bertz CT molecular complexity index is 721. The van der Waals surface area contributed by atoms with E-state index < -0.39 is 0 Å². The molecule has 150 valence electrons. The Kier molecular flexibility index (Phi) is 9.34. The highest BCUT2D eigenvalue weighted by atomic mass is 32.2. The van der Waals surface area contributed by atoms with Crippen molar-refractivity contribution >= 4 is 34.5 Å². The highest BCUT2D eigenvalue weighted by molar-refractivity contribution is 7.99. The Hall–Kier alpha value is -1.87. The number of fused-ring (bicyclic) bond motifs is 1. The quantitative estimate of drug-likeness (QED) is 0.306. The molecule has 9 heteroatoms. The van der Waals surface area contributed by atoms with Crippen LogP contribution in [0.2, 0.25) is 0 Å². The van der Waals surface area contributed by atoms with Crippen LogP contribution in [0.3, 0.4) is 0 Å². The maximum atomic E-state index is 11.8. The van der Waals surface area contributed by atoms with Crippen LogP contribution in [0.25, 0.3) is 11.0 Å². The number of nitrogens with one attached hydrogen (secondary N) is 2. The number of unbranched alkanes of at least 4 members (excludes halogenated alkanes) is 1. The molecule has 0 saturated heterocycles. The summed E-state index contributed by atoms with van der Waals surface area (Å²) in [7, 11) is 0. The molecule has 2 heterocycles. The van der Waals surface area contributed by atoms with Crippen LogP contribution in [0.4, 0.5) is 5.82 Å². The summed E-state index contributed by atoms with van der Waals surface area (Å²) in [6, 6.07) is 0. The number of thioether (sulfide) groups is 1. The molecular weight excluding hydrogens is 364 g/mol. The van der Waals surface area contributed by atoms with Crippen LogP contribution in [-0.4, -0.2) is 57.7 Å². The summed E-state index contributed by atoms with van der Waals surface area (Å²) >= 11 is 1.59. The highest BCUT2D eigenvalue weighted by Gasteiger charge is 2.13. The van der Waals surface area contributed by atoms with E-state index in [1.54, 1.807) is 18.0 Å². The molecule has 0 atom stereocenters. The van der Waals surface area contributed by atoms with Crippen molar-refractivity contribution in [2.24, 2.45) is 0 Å². The van der Waals surface area contributed by atoms with Crippen molar-refractivity contribution in [1.29, 1.82) is 0 Å². The van der Waals surface area contributed by atoms with E-state index in [2.05, 4.69) is 39.5 Å². The Balaban J connectivity index is 2.08. The van der Waals surface area contributed by atoms with Crippen molar-refractivity contribution in [3.8, 4) is 0 Å². The van der Waals surface area contributed by atoms with E-state index in [4.69, 9.17) is 4.74 Å². The number of amides is 1. The van der Waals surface area contributed by atoms with E-state index in [0.717, 1.165) is 40.6 Å². The minimum absolute atomic E-state index is 0.0865. The molecule has 0 aliphatic carbocycles. The standard InChI is InChI=1S/C18H30N6O2S/c1-4-7-8-15(25)19-9-11-24-17-14(13-21-24)16(20-10-12-26-5-2)22-18(23-17)27-6-3/h13H,4-12H2,1-3H3,(H,19,25)(H,20,22,23). The number of aromatic nitrogens is 4. The minimum atomic E-state index is 0.0865. The number of carbonyl (C=O) groups excluding carboxylic acids is 1. The van der Waals surface area contributed by atoms with E-state index in [1.807, 2.05) is 11.6 Å². The third kappa shape index (κ3) is 6.66.